The Morgan fingerprint density at radius 3 is 1.96 bits per heavy atom. The van der Waals surface area contributed by atoms with Gasteiger partial charge >= 0.3 is 0 Å². The van der Waals surface area contributed by atoms with Crippen molar-refractivity contribution >= 4 is 43.5 Å². The van der Waals surface area contributed by atoms with Gasteiger partial charge in [0.2, 0.25) is 0 Å². The molecule has 5 aliphatic carbocycles. The van der Waals surface area contributed by atoms with Gasteiger partial charge < -0.3 is 9.15 Å². The summed E-state index contributed by atoms with van der Waals surface area (Å²) in [5.74, 6) is 5.18. The van der Waals surface area contributed by atoms with Crippen LogP contribution >= 0.6 is 0 Å². The second kappa shape index (κ2) is 10.6. The van der Waals surface area contributed by atoms with E-state index in [2.05, 4.69) is 146 Å². The predicted molar refractivity (Wildman–Crippen MR) is 228 cm³/mol. The van der Waals surface area contributed by atoms with E-state index in [4.69, 9.17) is 9.15 Å². The second-order valence-corrected chi connectivity index (χ2v) is 17.6. The normalized spacial score (nSPS) is 23.6. The van der Waals surface area contributed by atoms with Crippen LogP contribution in [-0.4, -0.2) is 0 Å². The van der Waals surface area contributed by atoms with Crippen LogP contribution in [0, 0.1) is 23.7 Å². The summed E-state index contributed by atoms with van der Waals surface area (Å²) in [7, 11) is 0. The van der Waals surface area contributed by atoms with E-state index >= 15 is 0 Å². The Labute approximate surface area is 325 Å². The van der Waals surface area contributed by atoms with Gasteiger partial charge in [-0.2, -0.15) is 0 Å². The predicted octanol–water partition coefficient (Wildman–Crippen LogP) is 14.7. The summed E-state index contributed by atoms with van der Waals surface area (Å²) in [4.78, 5) is 0. The van der Waals surface area contributed by atoms with E-state index in [-0.39, 0.29) is 5.41 Å². The zero-order valence-corrected chi connectivity index (χ0v) is 31.0. The number of fused-ring (bicyclic) bond motifs is 9. The third kappa shape index (κ3) is 3.78. The van der Waals surface area contributed by atoms with E-state index in [9.17, 15) is 0 Å². The zero-order chi connectivity index (χ0) is 36.3. The average Bonchev–Trinajstić information content (AvgIpc) is 3.74. The van der Waals surface area contributed by atoms with Crippen LogP contribution in [0.2, 0.25) is 0 Å². The maximum absolute atomic E-state index is 6.77. The van der Waals surface area contributed by atoms with E-state index in [1.165, 1.54) is 87.0 Å². The largest absolute Gasteiger partial charge is 0.456 e. The first kappa shape index (κ1) is 30.1. The Bertz CT molecular complexity index is 3170. The maximum atomic E-state index is 6.77. The van der Waals surface area contributed by atoms with Gasteiger partial charge in [0.05, 0.1) is 0 Å². The molecule has 1 aromatic heterocycles. The van der Waals surface area contributed by atoms with Gasteiger partial charge in [-0.1, -0.05) is 103 Å². The van der Waals surface area contributed by atoms with Crippen LogP contribution in [0.1, 0.15) is 43.2 Å². The van der Waals surface area contributed by atoms with Gasteiger partial charge in [-0.05, 0) is 164 Å². The number of furan rings is 1. The summed E-state index contributed by atoms with van der Waals surface area (Å²) in [6.07, 6.45) is 7.05. The van der Waals surface area contributed by atoms with E-state index in [0.29, 0.717) is 0 Å². The van der Waals surface area contributed by atoms with Gasteiger partial charge in [0, 0.05) is 27.1 Å². The summed E-state index contributed by atoms with van der Waals surface area (Å²) in [6.45, 7) is 0. The third-order valence-corrected chi connectivity index (χ3v) is 15.0. The number of ether oxygens (including phenoxy) is 1. The molecular weight excluding hydrogens is 681 g/mol. The summed E-state index contributed by atoms with van der Waals surface area (Å²) in [5.41, 5.74) is 15.4. The molecule has 56 heavy (non-hydrogen) atoms. The molecule has 2 nitrogen and oxygen atoms in total. The zero-order valence-electron chi connectivity index (χ0n) is 31.0. The molecule has 15 rings (SSSR count). The van der Waals surface area contributed by atoms with Crippen LogP contribution in [-0.2, 0) is 5.41 Å². The third-order valence-electron chi connectivity index (χ3n) is 15.0. The second-order valence-electron chi connectivity index (χ2n) is 17.6. The van der Waals surface area contributed by atoms with Crippen LogP contribution in [0.3, 0.4) is 0 Å². The Kier molecular flexibility index (Phi) is 5.70. The molecule has 6 aliphatic rings. The highest BCUT2D eigenvalue weighted by molar-refractivity contribution is 6.16. The molecule has 4 bridgehead atoms. The monoisotopic (exact) mass is 718 g/mol. The van der Waals surface area contributed by atoms with Crippen LogP contribution < -0.4 is 4.74 Å². The van der Waals surface area contributed by atoms with Gasteiger partial charge in [0.1, 0.15) is 22.7 Å². The van der Waals surface area contributed by atoms with Gasteiger partial charge in [0.25, 0.3) is 0 Å². The van der Waals surface area contributed by atoms with Crippen molar-refractivity contribution in [3.63, 3.8) is 0 Å². The van der Waals surface area contributed by atoms with Gasteiger partial charge in [0.15, 0.2) is 0 Å². The van der Waals surface area contributed by atoms with Crippen molar-refractivity contribution in [2.75, 3.05) is 0 Å². The first-order valence-electron chi connectivity index (χ1n) is 20.7. The number of hydrogen-bond acceptors (Lipinski definition) is 2. The highest BCUT2D eigenvalue weighted by Gasteiger charge is 2.61. The van der Waals surface area contributed by atoms with Crippen molar-refractivity contribution in [1.82, 2.24) is 0 Å². The molecule has 4 fully saturated rings. The Balaban J connectivity index is 0.929. The first-order chi connectivity index (χ1) is 27.7. The lowest BCUT2D eigenvalue weighted by atomic mass is 9.43. The smallest absolute Gasteiger partial charge is 0.136 e. The van der Waals surface area contributed by atoms with Gasteiger partial charge in [-0.25, -0.2) is 0 Å². The molecule has 1 aliphatic heterocycles. The fourth-order valence-corrected chi connectivity index (χ4v) is 13.1. The molecule has 2 heterocycles. The topological polar surface area (TPSA) is 22.4 Å². The standard InChI is InChI=1S/C54H38O2/c1-2-8-33-29-51-45(26-32(33)7-1)52-39(10-6-14-49(52)56-51)34-16-19-48-44(27-34)43-12-5-11-42-38(18-20-50(55-48)53(42)43)35-15-17-41-40-9-3-4-13-46(40)54(47(41)28-35)36-22-30-21-31(24-36)25-37(54)23-30/h1-20,26-31,36-37H,21-25H2. The quantitative estimate of drug-likeness (QED) is 0.178. The average molecular weight is 719 g/mol. The van der Waals surface area contributed by atoms with Crippen molar-refractivity contribution in [1.29, 1.82) is 0 Å². The lowest BCUT2D eigenvalue weighted by Crippen LogP contribution is -2.55. The molecule has 9 aromatic rings. The molecule has 0 radical (unpaired) electrons. The summed E-state index contributed by atoms with van der Waals surface area (Å²) in [5, 5.41) is 7.16. The van der Waals surface area contributed by atoms with Gasteiger partial charge in [-0.15, -0.1) is 0 Å². The number of benzene rings is 8. The van der Waals surface area contributed by atoms with Crippen molar-refractivity contribution in [2.45, 2.75) is 37.5 Å². The van der Waals surface area contributed by atoms with Crippen molar-refractivity contribution in [3.8, 4) is 56.0 Å². The Hall–Kier alpha value is -6.12. The fraction of sp³-hybridized carbons (Fsp3) is 0.185. The van der Waals surface area contributed by atoms with Crippen LogP contribution in [0.15, 0.2) is 150 Å². The molecule has 1 spiro atoms. The molecule has 0 atom stereocenters. The molecule has 266 valence electrons. The minimum atomic E-state index is 0.149. The summed E-state index contributed by atoms with van der Waals surface area (Å²) in [6, 6.07) is 54.3. The van der Waals surface area contributed by atoms with Gasteiger partial charge in [-0.3, -0.25) is 0 Å². The maximum Gasteiger partial charge on any atom is 0.136 e. The molecule has 0 N–H and O–H groups in total. The molecule has 0 saturated heterocycles. The van der Waals surface area contributed by atoms with E-state index in [1.807, 2.05) is 0 Å². The van der Waals surface area contributed by atoms with E-state index < -0.39 is 0 Å². The van der Waals surface area contributed by atoms with Crippen molar-refractivity contribution < 1.29 is 9.15 Å². The van der Waals surface area contributed by atoms with Crippen molar-refractivity contribution in [2.24, 2.45) is 23.7 Å². The molecule has 0 unspecified atom stereocenters. The lowest BCUT2D eigenvalue weighted by Gasteiger charge is -2.61. The Morgan fingerprint density at radius 1 is 0.411 bits per heavy atom. The SMILES string of the molecule is c1ccc2c(c1)-c1ccc(-c3ccc4c5c(cccc35)-c3cc(-c5cccc6oc7cc8ccccc8cc7c56)ccc3O4)cc1C21C2CC3CC(C2)CC1C3. The van der Waals surface area contributed by atoms with E-state index in [0.717, 1.165) is 68.2 Å². The summed E-state index contributed by atoms with van der Waals surface area (Å²) < 4.78 is 13.2. The minimum absolute atomic E-state index is 0.149. The fourth-order valence-electron chi connectivity index (χ4n) is 13.1. The van der Waals surface area contributed by atoms with Crippen LogP contribution in [0.25, 0.3) is 88.0 Å². The van der Waals surface area contributed by atoms with Crippen molar-refractivity contribution in [3.05, 3.63) is 157 Å². The molecule has 2 heteroatoms. The lowest BCUT2D eigenvalue weighted by molar-refractivity contribution is -0.0399. The first-order valence-corrected chi connectivity index (χ1v) is 20.7. The summed E-state index contributed by atoms with van der Waals surface area (Å²) >= 11 is 0. The molecular formula is C54H38O2. The molecule has 4 saturated carbocycles. The minimum Gasteiger partial charge on any atom is -0.456 e. The Morgan fingerprint density at radius 2 is 1.09 bits per heavy atom. The highest BCUT2D eigenvalue weighted by Crippen LogP contribution is 2.69. The van der Waals surface area contributed by atoms with E-state index in [1.54, 1.807) is 11.1 Å². The number of rotatable bonds is 2. The van der Waals surface area contributed by atoms with Crippen LogP contribution in [0.4, 0.5) is 0 Å². The molecule has 0 amide bonds. The molecule has 8 aromatic carbocycles. The van der Waals surface area contributed by atoms with Crippen LogP contribution in [0.5, 0.6) is 11.5 Å². The highest BCUT2D eigenvalue weighted by atomic mass is 16.5. The number of hydrogen-bond donors (Lipinski definition) is 0.